The molecule has 0 aliphatic heterocycles. The van der Waals surface area contributed by atoms with Gasteiger partial charge < -0.3 is 33.8 Å². The van der Waals surface area contributed by atoms with Crippen LogP contribution in [-0.2, 0) is 65.4 Å². The number of carbonyl (C=O) groups is 4. The zero-order valence-electron chi connectivity index (χ0n) is 57.2. The van der Waals surface area contributed by atoms with E-state index in [4.69, 9.17) is 37.0 Å². The SMILES string of the molecule is CCCCCCCCCCC(=O)OC[C@H](COP(=O)(O)OC[C@H](O)COP(=O)(O)OC[C@@H](COC(=O)CCCCCCCCCCCCC(C)CC)OC(=O)CCCCCCCCCCCCC(C)CC)OC(=O)CCCCCCCCCCC(C)CC. The Balaban J connectivity index is 5.25. The molecule has 522 valence electrons. The van der Waals surface area contributed by atoms with Gasteiger partial charge in [-0.2, -0.15) is 0 Å². The largest absolute Gasteiger partial charge is 0.472 e. The third kappa shape index (κ3) is 59.1. The molecule has 19 heteroatoms. The van der Waals surface area contributed by atoms with Gasteiger partial charge in [-0.1, -0.05) is 292 Å². The molecule has 0 aromatic carbocycles. The van der Waals surface area contributed by atoms with E-state index in [1.165, 1.54) is 148 Å². The van der Waals surface area contributed by atoms with Crippen LogP contribution in [0.5, 0.6) is 0 Å². The minimum absolute atomic E-state index is 0.104. The Morgan fingerprint density at radius 3 is 0.807 bits per heavy atom. The van der Waals surface area contributed by atoms with Crippen molar-refractivity contribution in [3.05, 3.63) is 0 Å². The third-order valence-corrected chi connectivity index (χ3v) is 18.9. The predicted octanol–water partition coefficient (Wildman–Crippen LogP) is 19.5. The van der Waals surface area contributed by atoms with Crippen molar-refractivity contribution in [1.29, 1.82) is 0 Å². The highest BCUT2D eigenvalue weighted by Gasteiger charge is 2.30. The van der Waals surface area contributed by atoms with Crippen molar-refractivity contribution >= 4 is 39.5 Å². The molecule has 0 spiro atoms. The highest BCUT2D eigenvalue weighted by atomic mass is 31.2. The van der Waals surface area contributed by atoms with Crippen molar-refractivity contribution in [2.75, 3.05) is 39.6 Å². The van der Waals surface area contributed by atoms with Crippen LogP contribution in [0.15, 0.2) is 0 Å². The Kier molecular flexibility index (Phi) is 58.7. The van der Waals surface area contributed by atoms with Crippen molar-refractivity contribution in [2.24, 2.45) is 17.8 Å². The number of aliphatic hydroxyl groups excluding tert-OH is 1. The molecule has 0 fully saturated rings. The van der Waals surface area contributed by atoms with Gasteiger partial charge in [-0.3, -0.25) is 37.3 Å². The molecule has 0 bridgehead atoms. The van der Waals surface area contributed by atoms with Crippen LogP contribution in [0.1, 0.15) is 344 Å². The molecule has 0 rings (SSSR count). The summed E-state index contributed by atoms with van der Waals surface area (Å²) in [5, 5.41) is 10.6. The number of phosphoric acid groups is 2. The normalized spacial score (nSPS) is 15.2. The summed E-state index contributed by atoms with van der Waals surface area (Å²) in [7, 11) is -9.90. The summed E-state index contributed by atoms with van der Waals surface area (Å²) in [4.78, 5) is 72.4. The summed E-state index contributed by atoms with van der Waals surface area (Å²) in [6, 6.07) is 0. The average Bonchev–Trinajstić information content (AvgIpc) is 3.66. The highest BCUT2D eigenvalue weighted by Crippen LogP contribution is 2.45. The second-order valence-electron chi connectivity index (χ2n) is 25.6. The molecule has 8 atom stereocenters. The van der Waals surface area contributed by atoms with Gasteiger partial charge in [0.2, 0.25) is 0 Å². The quantitative estimate of drug-likeness (QED) is 0.0222. The van der Waals surface area contributed by atoms with Crippen LogP contribution in [0.25, 0.3) is 0 Å². The van der Waals surface area contributed by atoms with Crippen LogP contribution in [0, 0.1) is 17.8 Å². The molecule has 0 amide bonds. The Bertz CT molecular complexity index is 1740. The molecule has 0 heterocycles. The van der Waals surface area contributed by atoms with Gasteiger partial charge >= 0.3 is 39.5 Å². The van der Waals surface area contributed by atoms with Gasteiger partial charge in [-0.05, 0) is 43.4 Å². The van der Waals surface area contributed by atoms with Crippen LogP contribution < -0.4 is 0 Å². The van der Waals surface area contributed by atoms with Crippen molar-refractivity contribution < 1.29 is 80.2 Å². The van der Waals surface area contributed by atoms with Gasteiger partial charge in [0.1, 0.15) is 19.3 Å². The molecule has 5 unspecified atom stereocenters. The third-order valence-electron chi connectivity index (χ3n) is 17.0. The smallest absolute Gasteiger partial charge is 0.462 e. The van der Waals surface area contributed by atoms with Crippen molar-refractivity contribution in [1.82, 2.24) is 0 Å². The summed E-state index contributed by atoms with van der Waals surface area (Å²) >= 11 is 0. The monoisotopic (exact) mass is 1300 g/mol. The summed E-state index contributed by atoms with van der Waals surface area (Å²) in [6.07, 6.45) is 42.8. The molecule has 0 aliphatic rings. The maximum Gasteiger partial charge on any atom is 0.472 e. The van der Waals surface area contributed by atoms with Crippen molar-refractivity contribution in [2.45, 2.75) is 362 Å². The maximum atomic E-state index is 13.0. The van der Waals surface area contributed by atoms with Gasteiger partial charge in [0.25, 0.3) is 0 Å². The van der Waals surface area contributed by atoms with E-state index in [2.05, 4.69) is 48.5 Å². The maximum absolute atomic E-state index is 13.0. The van der Waals surface area contributed by atoms with Gasteiger partial charge in [0.05, 0.1) is 26.4 Å². The molecular formula is C69H134O17P2. The van der Waals surface area contributed by atoms with Crippen LogP contribution in [0.2, 0.25) is 0 Å². The fourth-order valence-electron chi connectivity index (χ4n) is 10.3. The van der Waals surface area contributed by atoms with E-state index >= 15 is 0 Å². The lowest BCUT2D eigenvalue weighted by Gasteiger charge is -2.21. The van der Waals surface area contributed by atoms with Crippen molar-refractivity contribution in [3.63, 3.8) is 0 Å². The molecule has 0 aromatic heterocycles. The molecule has 3 N–H and O–H groups in total. The van der Waals surface area contributed by atoms with E-state index in [9.17, 15) is 43.2 Å². The number of carbonyl (C=O) groups excluding carboxylic acids is 4. The fraction of sp³-hybridized carbons (Fsp3) is 0.942. The summed E-state index contributed by atoms with van der Waals surface area (Å²) in [5.41, 5.74) is 0. The number of phosphoric ester groups is 2. The molecule has 0 aromatic rings. The molecule has 0 aliphatic carbocycles. The number of rotatable bonds is 67. The van der Waals surface area contributed by atoms with E-state index in [-0.39, 0.29) is 25.7 Å². The number of hydrogen-bond acceptors (Lipinski definition) is 15. The lowest BCUT2D eigenvalue weighted by molar-refractivity contribution is -0.161. The predicted molar refractivity (Wildman–Crippen MR) is 354 cm³/mol. The number of unbranched alkanes of at least 4 members (excludes halogenated alkanes) is 32. The molecule has 0 saturated carbocycles. The standard InChI is InChI=1S/C69H134O17P2/c1-8-12-13-14-15-29-36-43-50-66(71)79-56-64(86-69(74)53-46-39-32-25-24-28-35-42-49-62(7)11-4)58-83-87(75,76)81-54-63(70)55-82-88(77,78)84-59-65(85-68(73)52-45-38-31-23-19-17-21-27-34-41-48-61(6)10-3)57-80-67(72)51-44-37-30-22-18-16-20-26-33-40-47-60(5)9-2/h60-65,70H,8-59H2,1-7H3,(H,75,76)(H,77,78)/t60?,61?,62?,63-,64+,65+/m0/s1. The van der Waals surface area contributed by atoms with Crippen LogP contribution >= 0.6 is 15.6 Å². The highest BCUT2D eigenvalue weighted by molar-refractivity contribution is 7.47. The van der Waals surface area contributed by atoms with E-state index in [0.717, 1.165) is 114 Å². The van der Waals surface area contributed by atoms with E-state index < -0.39 is 97.5 Å². The summed E-state index contributed by atoms with van der Waals surface area (Å²) < 4.78 is 68.2. The summed E-state index contributed by atoms with van der Waals surface area (Å²) in [5.74, 6) is 0.251. The number of hydrogen-bond donors (Lipinski definition) is 3. The number of ether oxygens (including phenoxy) is 4. The van der Waals surface area contributed by atoms with E-state index in [1.807, 2.05) is 0 Å². The van der Waals surface area contributed by atoms with Gasteiger partial charge in [-0.25, -0.2) is 9.13 Å². The van der Waals surface area contributed by atoms with E-state index in [1.54, 1.807) is 0 Å². The molecule has 0 radical (unpaired) electrons. The van der Waals surface area contributed by atoms with Gasteiger partial charge in [-0.15, -0.1) is 0 Å². The lowest BCUT2D eigenvalue weighted by Crippen LogP contribution is -2.30. The number of aliphatic hydroxyl groups is 1. The number of esters is 4. The zero-order chi connectivity index (χ0) is 65.2. The topological polar surface area (TPSA) is 237 Å². The van der Waals surface area contributed by atoms with Crippen LogP contribution in [-0.4, -0.2) is 96.7 Å². The minimum atomic E-state index is -4.95. The zero-order valence-corrected chi connectivity index (χ0v) is 59.0. The lowest BCUT2D eigenvalue weighted by atomic mass is 9.99. The Morgan fingerprint density at radius 1 is 0.318 bits per heavy atom. The molecular weight excluding hydrogens is 1160 g/mol. The summed E-state index contributed by atoms with van der Waals surface area (Å²) in [6.45, 7) is 11.9. The Labute approximate surface area is 537 Å². The van der Waals surface area contributed by atoms with Gasteiger partial charge in [0.15, 0.2) is 12.2 Å². The first-order chi connectivity index (χ1) is 42.3. The first-order valence-electron chi connectivity index (χ1n) is 36.0. The van der Waals surface area contributed by atoms with Crippen molar-refractivity contribution in [3.8, 4) is 0 Å². The Morgan fingerprint density at radius 2 is 0.545 bits per heavy atom. The van der Waals surface area contributed by atoms with Crippen LogP contribution in [0.4, 0.5) is 0 Å². The first kappa shape index (κ1) is 86.1. The Hall–Kier alpha value is -1.94. The van der Waals surface area contributed by atoms with E-state index in [0.29, 0.717) is 25.7 Å². The second-order valence-corrected chi connectivity index (χ2v) is 28.6. The first-order valence-corrected chi connectivity index (χ1v) is 39.0. The average molecular weight is 1300 g/mol. The molecule has 88 heavy (non-hydrogen) atoms. The van der Waals surface area contributed by atoms with Gasteiger partial charge in [0, 0.05) is 25.7 Å². The second kappa shape index (κ2) is 60.0. The molecule has 0 saturated heterocycles. The fourth-order valence-corrected chi connectivity index (χ4v) is 11.8. The molecule has 17 nitrogen and oxygen atoms in total. The minimum Gasteiger partial charge on any atom is -0.462 e. The van der Waals surface area contributed by atoms with Crippen LogP contribution in [0.3, 0.4) is 0 Å².